The van der Waals surface area contributed by atoms with Crippen LogP contribution in [0.25, 0.3) is 0 Å². The van der Waals surface area contributed by atoms with E-state index in [2.05, 4.69) is 16.0 Å². The minimum Gasteiger partial charge on any atom is -0.506 e. The van der Waals surface area contributed by atoms with Crippen LogP contribution >= 0.6 is 11.6 Å². The summed E-state index contributed by atoms with van der Waals surface area (Å²) in [4.78, 5) is 23.3. The molecule has 1 fully saturated rings. The number of carbonyl (C=O) groups is 2. The molecule has 1 atom stereocenters. The Bertz CT molecular complexity index is 722. The molecule has 8 nitrogen and oxygen atoms in total. The first-order valence-corrected chi connectivity index (χ1v) is 8.98. The summed E-state index contributed by atoms with van der Waals surface area (Å²) in [6.45, 7) is -0.336. The van der Waals surface area contributed by atoms with Crippen molar-refractivity contribution in [1.82, 2.24) is 10.6 Å². The fourth-order valence-electron chi connectivity index (χ4n) is 2.11. The molecule has 1 aromatic carbocycles. The summed E-state index contributed by atoms with van der Waals surface area (Å²) in [6.07, 6.45) is 0.359. The first-order chi connectivity index (χ1) is 10.7. The average Bonchev–Trinajstić information content (AvgIpc) is 2.79. The second-order valence-electron chi connectivity index (χ2n) is 5.14. The number of hydrogen-bond acceptors (Lipinski definition) is 5. The van der Waals surface area contributed by atoms with Crippen molar-refractivity contribution in [3.8, 4) is 5.75 Å². The van der Waals surface area contributed by atoms with Crippen LogP contribution in [0, 0.1) is 0 Å². The highest BCUT2D eigenvalue weighted by atomic mass is 35.5. The summed E-state index contributed by atoms with van der Waals surface area (Å²) >= 11 is 5.75. The van der Waals surface area contributed by atoms with Crippen molar-refractivity contribution in [2.24, 2.45) is 0 Å². The number of halogens is 1. The van der Waals surface area contributed by atoms with Gasteiger partial charge in [-0.2, -0.15) is 0 Å². The van der Waals surface area contributed by atoms with Crippen LogP contribution in [0.2, 0.25) is 5.02 Å². The molecule has 0 aliphatic carbocycles. The van der Waals surface area contributed by atoms with Crippen molar-refractivity contribution < 1.29 is 23.1 Å². The number of rotatable bonds is 4. The van der Waals surface area contributed by atoms with E-state index >= 15 is 0 Å². The van der Waals surface area contributed by atoms with Gasteiger partial charge in [-0.15, -0.1) is 0 Å². The number of anilines is 1. The Morgan fingerprint density at radius 1 is 1.35 bits per heavy atom. The van der Waals surface area contributed by atoms with Crippen LogP contribution in [0.15, 0.2) is 18.2 Å². The molecular weight excluding hydrogens is 346 g/mol. The van der Waals surface area contributed by atoms with Crippen molar-refractivity contribution >= 4 is 39.1 Å². The maximum Gasteiger partial charge on any atom is 0.315 e. The van der Waals surface area contributed by atoms with Gasteiger partial charge in [0.05, 0.1) is 23.7 Å². The van der Waals surface area contributed by atoms with Crippen LogP contribution in [0.5, 0.6) is 5.75 Å². The smallest absolute Gasteiger partial charge is 0.315 e. The zero-order chi connectivity index (χ0) is 17.0. The standard InChI is InChI=1S/C13H16ClN3O5S/c14-8-1-2-11(18)10(5-8)17-12(19)6-15-13(20)16-9-3-4-23(21,22)7-9/h1-2,5,9,18H,3-4,6-7H2,(H,17,19)(H2,15,16,20). The molecule has 126 valence electrons. The van der Waals surface area contributed by atoms with E-state index in [4.69, 9.17) is 11.6 Å². The summed E-state index contributed by atoms with van der Waals surface area (Å²) in [5, 5.41) is 17.1. The topological polar surface area (TPSA) is 125 Å². The monoisotopic (exact) mass is 361 g/mol. The second kappa shape index (κ2) is 7.05. The zero-order valence-electron chi connectivity index (χ0n) is 12.0. The van der Waals surface area contributed by atoms with Gasteiger partial charge in [-0.3, -0.25) is 4.79 Å². The zero-order valence-corrected chi connectivity index (χ0v) is 13.6. The predicted molar refractivity (Wildman–Crippen MR) is 85.3 cm³/mol. The molecule has 0 spiro atoms. The highest BCUT2D eigenvalue weighted by molar-refractivity contribution is 7.91. The van der Waals surface area contributed by atoms with Crippen LogP contribution in [-0.4, -0.2) is 49.6 Å². The van der Waals surface area contributed by atoms with E-state index in [1.54, 1.807) is 0 Å². The molecule has 23 heavy (non-hydrogen) atoms. The minimum absolute atomic E-state index is 0.0481. The van der Waals surface area contributed by atoms with Gasteiger partial charge in [-0.25, -0.2) is 13.2 Å². The number of aromatic hydroxyl groups is 1. The number of phenolic OH excluding ortho intramolecular Hbond substituents is 1. The fourth-order valence-corrected chi connectivity index (χ4v) is 3.95. The van der Waals surface area contributed by atoms with Crippen molar-refractivity contribution in [2.75, 3.05) is 23.4 Å². The number of benzene rings is 1. The Kier molecular flexibility index (Phi) is 5.32. The fraction of sp³-hybridized carbons (Fsp3) is 0.385. The Labute approximate surface area is 138 Å². The van der Waals surface area contributed by atoms with Crippen LogP contribution in [0.3, 0.4) is 0 Å². The van der Waals surface area contributed by atoms with E-state index in [-0.39, 0.29) is 29.5 Å². The molecule has 1 aliphatic rings. The number of phenols is 1. The summed E-state index contributed by atoms with van der Waals surface area (Å²) in [5.74, 6) is -0.754. The molecule has 1 aromatic rings. The molecule has 0 saturated carbocycles. The Morgan fingerprint density at radius 3 is 2.74 bits per heavy atom. The van der Waals surface area contributed by atoms with E-state index in [9.17, 15) is 23.1 Å². The number of urea groups is 1. The molecule has 4 N–H and O–H groups in total. The van der Waals surface area contributed by atoms with Gasteiger partial charge in [-0.1, -0.05) is 11.6 Å². The van der Waals surface area contributed by atoms with E-state index in [0.717, 1.165) is 0 Å². The van der Waals surface area contributed by atoms with Crippen LogP contribution in [0.4, 0.5) is 10.5 Å². The number of sulfone groups is 1. The van der Waals surface area contributed by atoms with E-state index in [0.29, 0.717) is 11.4 Å². The summed E-state index contributed by atoms with van der Waals surface area (Å²) in [5.41, 5.74) is 0.131. The number of hydrogen-bond donors (Lipinski definition) is 4. The molecule has 1 unspecified atom stereocenters. The van der Waals surface area contributed by atoms with Crippen molar-refractivity contribution in [1.29, 1.82) is 0 Å². The lowest BCUT2D eigenvalue weighted by atomic mass is 10.3. The predicted octanol–water partition coefficient (Wildman–Crippen LogP) is 0.470. The van der Waals surface area contributed by atoms with Gasteiger partial charge in [0.1, 0.15) is 5.75 Å². The first-order valence-electron chi connectivity index (χ1n) is 6.78. The molecule has 1 aliphatic heterocycles. The van der Waals surface area contributed by atoms with Crippen molar-refractivity contribution in [3.63, 3.8) is 0 Å². The quantitative estimate of drug-likeness (QED) is 0.580. The highest BCUT2D eigenvalue weighted by Crippen LogP contribution is 2.26. The van der Waals surface area contributed by atoms with E-state index in [1.807, 2.05) is 0 Å². The third-order valence-corrected chi connectivity index (χ3v) is 5.21. The molecule has 3 amide bonds. The largest absolute Gasteiger partial charge is 0.506 e. The lowest BCUT2D eigenvalue weighted by Gasteiger charge is -2.12. The van der Waals surface area contributed by atoms with Gasteiger partial charge in [-0.05, 0) is 24.6 Å². The molecule has 1 saturated heterocycles. The van der Waals surface area contributed by atoms with Gasteiger partial charge >= 0.3 is 6.03 Å². The van der Waals surface area contributed by atoms with Crippen molar-refractivity contribution in [3.05, 3.63) is 23.2 Å². The molecule has 0 bridgehead atoms. The molecule has 0 aromatic heterocycles. The molecule has 0 radical (unpaired) electrons. The SMILES string of the molecule is O=C(CNC(=O)NC1CCS(=O)(=O)C1)Nc1cc(Cl)ccc1O. The van der Waals surface area contributed by atoms with Crippen LogP contribution in [0.1, 0.15) is 6.42 Å². The maximum absolute atomic E-state index is 11.7. The first kappa shape index (κ1) is 17.4. The molecular formula is C13H16ClN3O5S. The van der Waals surface area contributed by atoms with Gasteiger partial charge in [0.25, 0.3) is 0 Å². The Morgan fingerprint density at radius 2 is 2.09 bits per heavy atom. The summed E-state index contributed by atoms with van der Waals surface area (Å²) in [7, 11) is -3.08. The lowest BCUT2D eigenvalue weighted by molar-refractivity contribution is -0.115. The van der Waals surface area contributed by atoms with Gasteiger partial charge < -0.3 is 21.1 Å². The number of nitrogens with one attached hydrogen (secondary N) is 3. The lowest BCUT2D eigenvalue weighted by Crippen LogP contribution is -2.45. The van der Waals surface area contributed by atoms with Gasteiger partial charge in [0.2, 0.25) is 5.91 Å². The summed E-state index contributed by atoms with van der Waals surface area (Å²) in [6, 6.07) is 3.10. The minimum atomic E-state index is -3.08. The van der Waals surface area contributed by atoms with Crippen molar-refractivity contribution in [2.45, 2.75) is 12.5 Å². The Hall–Kier alpha value is -2.00. The highest BCUT2D eigenvalue weighted by Gasteiger charge is 2.28. The third-order valence-electron chi connectivity index (χ3n) is 3.21. The maximum atomic E-state index is 11.7. The van der Waals surface area contributed by atoms with Crippen LogP contribution < -0.4 is 16.0 Å². The average molecular weight is 362 g/mol. The number of carbonyl (C=O) groups excluding carboxylic acids is 2. The third kappa shape index (κ3) is 5.29. The van der Waals surface area contributed by atoms with E-state index in [1.165, 1.54) is 18.2 Å². The summed E-state index contributed by atoms with van der Waals surface area (Å²) < 4.78 is 22.6. The normalized spacial score (nSPS) is 19.1. The van der Waals surface area contributed by atoms with Gasteiger partial charge in [0, 0.05) is 11.1 Å². The second-order valence-corrected chi connectivity index (χ2v) is 7.80. The molecule has 1 heterocycles. The van der Waals surface area contributed by atoms with Gasteiger partial charge in [0.15, 0.2) is 9.84 Å². The molecule has 2 rings (SSSR count). The molecule has 10 heteroatoms. The van der Waals surface area contributed by atoms with Crippen LogP contribution in [-0.2, 0) is 14.6 Å². The number of amides is 3. The Balaban J connectivity index is 1.78. The van der Waals surface area contributed by atoms with E-state index < -0.39 is 27.8 Å².